The van der Waals surface area contributed by atoms with E-state index >= 15 is 0 Å². The molecule has 0 saturated heterocycles. The summed E-state index contributed by atoms with van der Waals surface area (Å²) in [6, 6.07) is 10.1. The van der Waals surface area contributed by atoms with E-state index in [1.54, 1.807) is 0 Å². The normalized spacial score (nSPS) is 9.94. The van der Waals surface area contributed by atoms with Crippen molar-refractivity contribution in [1.29, 1.82) is 5.26 Å². The van der Waals surface area contributed by atoms with Crippen molar-refractivity contribution < 1.29 is 0 Å². The van der Waals surface area contributed by atoms with Gasteiger partial charge in [0.15, 0.2) is 0 Å². The van der Waals surface area contributed by atoms with Crippen LogP contribution in [0, 0.1) is 11.3 Å². The molecule has 0 aliphatic carbocycles. The molecule has 0 unspecified atom stereocenters. The van der Waals surface area contributed by atoms with Crippen molar-refractivity contribution >= 4 is 5.69 Å². The van der Waals surface area contributed by atoms with Crippen molar-refractivity contribution in [2.75, 3.05) is 18.0 Å². The van der Waals surface area contributed by atoms with E-state index < -0.39 is 0 Å². The number of anilines is 1. The Hall–Kier alpha value is -1.49. The lowest BCUT2D eigenvalue weighted by Crippen LogP contribution is -2.25. The Kier molecular flexibility index (Phi) is 6.17. The summed E-state index contributed by atoms with van der Waals surface area (Å²) in [5.41, 5.74) is 1.98. The van der Waals surface area contributed by atoms with Crippen LogP contribution < -0.4 is 4.90 Å². The van der Waals surface area contributed by atoms with Crippen LogP contribution in [0.15, 0.2) is 24.3 Å². The predicted molar refractivity (Wildman–Crippen MR) is 73.2 cm³/mol. The van der Waals surface area contributed by atoms with Gasteiger partial charge in [-0.1, -0.05) is 26.7 Å². The van der Waals surface area contributed by atoms with Crippen molar-refractivity contribution in [1.82, 2.24) is 0 Å². The summed E-state index contributed by atoms with van der Waals surface area (Å²) in [5.74, 6) is 0. The van der Waals surface area contributed by atoms with Crippen molar-refractivity contribution in [2.24, 2.45) is 0 Å². The lowest BCUT2D eigenvalue weighted by molar-refractivity contribution is 0.678. The predicted octanol–water partition coefficient (Wildman–Crippen LogP) is 3.96. The van der Waals surface area contributed by atoms with Crippen LogP contribution in [0.3, 0.4) is 0 Å². The van der Waals surface area contributed by atoms with E-state index in [9.17, 15) is 0 Å². The monoisotopic (exact) mass is 230 g/mol. The number of hydrogen-bond donors (Lipinski definition) is 0. The van der Waals surface area contributed by atoms with Gasteiger partial charge in [-0.05, 0) is 37.1 Å². The summed E-state index contributed by atoms with van der Waals surface area (Å²) in [7, 11) is 0. The zero-order chi connectivity index (χ0) is 12.5. The molecule has 0 bridgehead atoms. The third-order valence-electron chi connectivity index (χ3n) is 2.92. The van der Waals surface area contributed by atoms with Crippen LogP contribution in [0.1, 0.15) is 45.1 Å². The lowest BCUT2D eigenvalue weighted by Gasteiger charge is -2.24. The summed E-state index contributed by atoms with van der Waals surface area (Å²) in [6.07, 6.45) is 4.89. The molecule has 0 aromatic heterocycles. The zero-order valence-corrected chi connectivity index (χ0v) is 10.9. The van der Waals surface area contributed by atoms with Gasteiger partial charge in [-0.3, -0.25) is 0 Å². The Balaban J connectivity index is 2.69. The Morgan fingerprint density at radius 2 is 1.53 bits per heavy atom. The number of nitriles is 1. The molecule has 0 amide bonds. The molecular formula is C15H22N2. The van der Waals surface area contributed by atoms with Crippen LogP contribution in [-0.4, -0.2) is 13.1 Å². The molecule has 0 radical (unpaired) electrons. The molecule has 0 aliphatic heterocycles. The van der Waals surface area contributed by atoms with Gasteiger partial charge < -0.3 is 4.90 Å². The van der Waals surface area contributed by atoms with Gasteiger partial charge in [0.1, 0.15) is 0 Å². The quantitative estimate of drug-likeness (QED) is 0.708. The van der Waals surface area contributed by atoms with Crippen LogP contribution in [0.2, 0.25) is 0 Å². The van der Waals surface area contributed by atoms with Gasteiger partial charge in [0.05, 0.1) is 11.6 Å². The van der Waals surface area contributed by atoms with E-state index in [-0.39, 0.29) is 0 Å². The van der Waals surface area contributed by atoms with E-state index in [0.29, 0.717) is 0 Å². The van der Waals surface area contributed by atoms with E-state index in [0.717, 1.165) is 18.7 Å². The first kappa shape index (κ1) is 13.6. The van der Waals surface area contributed by atoms with Gasteiger partial charge in [-0.25, -0.2) is 0 Å². The first-order chi connectivity index (χ1) is 8.31. The largest absolute Gasteiger partial charge is 0.372 e. The lowest BCUT2D eigenvalue weighted by atomic mass is 10.2. The second-order valence-electron chi connectivity index (χ2n) is 4.35. The molecule has 1 aromatic rings. The summed E-state index contributed by atoms with van der Waals surface area (Å²) in [5, 5.41) is 8.79. The molecule has 17 heavy (non-hydrogen) atoms. The van der Waals surface area contributed by atoms with Gasteiger partial charge in [0.2, 0.25) is 0 Å². The third kappa shape index (κ3) is 4.48. The maximum absolute atomic E-state index is 8.79. The average Bonchev–Trinajstić information content (AvgIpc) is 2.39. The number of rotatable bonds is 7. The molecule has 1 rings (SSSR count). The van der Waals surface area contributed by atoms with E-state index in [1.807, 2.05) is 12.1 Å². The maximum Gasteiger partial charge on any atom is 0.0991 e. The first-order valence-corrected chi connectivity index (χ1v) is 6.57. The van der Waals surface area contributed by atoms with Gasteiger partial charge >= 0.3 is 0 Å². The average molecular weight is 230 g/mol. The summed E-state index contributed by atoms with van der Waals surface area (Å²) < 4.78 is 0. The Morgan fingerprint density at radius 1 is 1.00 bits per heavy atom. The smallest absolute Gasteiger partial charge is 0.0991 e. The van der Waals surface area contributed by atoms with E-state index in [1.165, 1.54) is 31.4 Å². The van der Waals surface area contributed by atoms with Crippen molar-refractivity contribution in [2.45, 2.75) is 39.5 Å². The molecule has 0 N–H and O–H groups in total. The van der Waals surface area contributed by atoms with Crippen LogP contribution in [0.5, 0.6) is 0 Å². The van der Waals surface area contributed by atoms with Crippen LogP contribution in [0.4, 0.5) is 5.69 Å². The van der Waals surface area contributed by atoms with Gasteiger partial charge in [-0.15, -0.1) is 0 Å². The molecule has 92 valence electrons. The van der Waals surface area contributed by atoms with E-state index in [4.69, 9.17) is 5.26 Å². The van der Waals surface area contributed by atoms with Gasteiger partial charge in [-0.2, -0.15) is 5.26 Å². The Morgan fingerprint density at radius 3 is 1.94 bits per heavy atom. The molecule has 2 nitrogen and oxygen atoms in total. The highest BCUT2D eigenvalue weighted by Crippen LogP contribution is 2.16. The minimum absolute atomic E-state index is 0.736. The van der Waals surface area contributed by atoms with Crippen molar-refractivity contribution in [3.8, 4) is 6.07 Å². The molecule has 1 aromatic carbocycles. The molecule has 0 heterocycles. The topological polar surface area (TPSA) is 27.0 Å². The first-order valence-electron chi connectivity index (χ1n) is 6.57. The number of unbranched alkanes of at least 4 members (excludes halogenated alkanes) is 2. The molecule has 0 spiro atoms. The minimum Gasteiger partial charge on any atom is -0.372 e. The Bertz CT molecular complexity index is 340. The fourth-order valence-electron chi connectivity index (χ4n) is 1.81. The number of hydrogen-bond acceptors (Lipinski definition) is 2. The summed E-state index contributed by atoms with van der Waals surface area (Å²) >= 11 is 0. The Labute approximate surface area is 105 Å². The van der Waals surface area contributed by atoms with Gasteiger partial charge in [0, 0.05) is 18.8 Å². The fraction of sp³-hybridized carbons (Fsp3) is 0.533. The molecule has 0 fully saturated rings. The fourth-order valence-corrected chi connectivity index (χ4v) is 1.81. The van der Waals surface area contributed by atoms with Crippen LogP contribution in [-0.2, 0) is 0 Å². The highest BCUT2D eigenvalue weighted by molar-refractivity contribution is 5.49. The van der Waals surface area contributed by atoms with Crippen LogP contribution >= 0.6 is 0 Å². The number of nitrogens with zero attached hydrogens (tertiary/aromatic N) is 2. The maximum atomic E-state index is 8.79. The summed E-state index contributed by atoms with van der Waals surface area (Å²) in [6.45, 7) is 6.67. The van der Waals surface area contributed by atoms with E-state index in [2.05, 4.69) is 36.9 Å². The third-order valence-corrected chi connectivity index (χ3v) is 2.92. The molecule has 0 saturated carbocycles. The number of benzene rings is 1. The van der Waals surface area contributed by atoms with Crippen molar-refractivity contribution in [3.63, 3.8) is 0 Å². The second-order valence-corrected chi connectivity index (χ2v) is 4.35. The molecule has 0 aliphatic rings. The second kappa shape index (κ2) is 7.73. The minimum atomic E-state index is 0.736. The standard InChI is InChI=1S/C15H22N2/c1-3-5-11-17(12-6-4-2)15-9-7-14(13-16)8-10-15/h7-10H,3-6,11-12H2,1-2H3. The molecule has 2 heteroatoms. The van der Waals surface area contributed by atoms with Gasteiger partial charge in [0.25, 0.3) is 0 Å². The zero-order valence-electron chi connectivity index (χ0n) is 10.9. The molecule has 0 atom stereocenters. The summed E-state index contributed by atoms with van der Waals surface area (Å²) in [4.78, 5) is 2.42. The van der Waals surface area contributed by atoms with Crippen molar-refractivity contribution in [3.05, 3.63) is 29.8 Å². The molecular weight excluding hydrogens is 208 g/mol. The highest BCUT2D eigenvalue weighted by atomic mass is 15.1. The highest BCUT2D eigenvalue weighted by Gasteiger charge is 2.05. The van der Waals surface area contributed by atoms with Crippen LogP contribution in [0.25, 0.3) is 0 Å². The SMILES string of the molecule is CCCCN(CCCC)c1ccc(C#N)cc1.